The third-order valence-electron chi connectivity index (χ3n) is 5.53. The summed E-state index contributed by atoms with van der Waals surface area (Å²) >= 11 is 0. The van der Waals surface area contributed by atoms with Gasteiger partial charge >= 0.3 is 0 Å². The molecule has 3 aromatic rings. The molecule has 2 amide bonds. The summed E-state index contributed by atoms with van der Waals surface area (Å²) in [5.41, 5.74) is 4.07. The highest BCUT2D eigenvalue weighted by molar-refractivity contribution is 5.95. The van der Waals surface area contributed by atoms with E-state index in [4.69, 9.17) is 0 Å². The van der Waals surface area contributed by atoms with Crippen LogP contribution in [-0.2, 0) is 16.0 Å². The number of carbonyl (C=O) groups is 2. The summed E-state index contributed by atoms with van der Waals surface area (Å²) in [6, 6.07) is 17.9. The van der Waals surface area contributed by atoms with Crippen molar-refractivity contribution in [2.45, 2.75) is 13.3 Å². The van der Waals surface area contributed by atoms with Crippen LogP contribution in [0.3, 0.4) is 0 Å². The molecule has 1 aliphatic rings. The van der Waals surface area contributed by atoms with Gasteiger partial charge in [-0.2, -0.15) is 0 Å². The van der Waals surface area contributed by atoms with Gasteiger partial charge in [-0.3, -0.25) is 9.59 Å². The fourth-order valence-corrected chi connectivity index (χ4v) is 3.79. The van der Waals surface area contributed by atoms with Gasteiger partial charge in [-0.25, -0.2) is 0 Å². The Morgan fingerprint density at radius 3 is 2.34 bits per heavy atom. The number of hydrogen-bond acceptors (Lipinski definition) is 2. The van der Waals surface area contributed by atoms with Crippen LogP contribution in [0.1, 0.15) is 18.1 Å². The molecule has 5 nitrogen and oxygen atoms in total. The van der Waals surface area contributed by atoms with E-state index in [1.807, 2.05) is 77.5 Å². The lowest BCUT2D eigenvalue weighted by Gasteiger charge is -2.34. The molecule has 1 aromatic heterocycles. The van der Waals surface area contributed by atoms with Crippen molar-refractivity contribution in [3.05, 3.63) is 78.0 Å². The number of nitrogens with one attached hydrogen (secondary N) is 1. The summed E-state index contributed by atoms with van der Waals surface area (Å²) < 4.78 is 0. The molecule has 0 saturated carbocycles. The lowest BCUT2D eigenvalue weighted by atomic mass is 10.1. The van der Waals surface area contributed by atoms with Crippen molar-refractivity contribution in [2.24, 2.45) is 0 Å². The first kappa shape index (κ1) is 19.0. The smallest absolute Gasteiger partial charge is 0.246 e. The van der Waals surface area contributed by atoms with Crippen molar-refractivity contribution in [2.75, 3.05) is 26.2 Å². The average molecular weight is 387 g/mol. The number of rotatable bonds is 4. The predicted octanol–water partition coefficient (Wildman–Crippen LogP) is 3.48. The maximum atomic E-state index is 12.7. The van der Waals surface area contributed by atoms with E-state index < -0.39 is 0 Å². The number of allylic oxidation sites excluding steroid dienone is 1. The van der Waals surface area contributed by atoms with E-state index in [0.717, 1.165) is 27.6 Å². The van der Waals surface area contributed by atoms with Gasteiger partial charge in [0.2, 0.25) is 11.8 Å². The standard InChI is InChI=1S/C24H25N3O2/c1-18(19-7-3-2-4-8-19)15-23(28)26-11-13-27(14-12-26)24(29)16-20-17-25-22-10-6-5-9-21(20)22/h2-10,15,17,25H,11-14,16H2,1H3/b18-15+. The van der Waals surface area contributed by atoms with Crippen molar-refractivity contribution in [3.63, 3.8) is 0 Å². The van der Waals surface area contributed by atoms with E-state index in [9.17, 15) is 9.59 Å². The van der Waals surface area contributed by atoms with Gasteiger partial charge < -0.3 is 14.8 Å². The maximum Gasteiger partial charge on any atom is 0.246 e. The normalized spacial score (nSPS) is 15.0. The van der Waals surface area contributed by atoms with E-state index in [0.29, 0.717) is 32.6 Å². The summed E-state index contributed by atoms with van der Waals surface area (Å²) in [6.07, 6.45) is 3.99. The number of fused-ring (bicyclic) bond motifs is 1. The maximum absolute atomic E-state index is 12.7. The van der Waals surface area contributed by atoms with Crippen LogP contribution >= 0.6 is 0 Å². The highest BCUT2D eigenvalue weighted by Crippen LogP contribution is 2.19. The van der Waals surface area contributed by atoms with Crippen LogP contribution in [0.2, 0.25) is 0 Å². The summed E-state index contributed by atoms with van der Waals surface area (Å²) in [4.78, 5) is 32.2. The van der Waals surface area contributed by atoms with E-state index in [1.54, 1.807) is 6.08 Å². The van der Waals surface area contributed by atoms with Gasteiger partial charge in [-0.1, -0.05) is 48.5 Å². The molecular formula is C24H25N3O2. The molecule has 1 aliphatic heterocycles. The molecule has 4 rings (SSSR count). The van der Waals surface area contributed by atoms with Crippen LogP contribution in [0.5, 0.6) is 0 Å². The fourth-order valence-electron chi connectivity index (χ4n) is 3.79. The van der Waals surface area contributed by atoms with Gasteiger partial charge in [0.1, 0.15) is 0 Å². The molecule has 1 fully saturated rings. The minimum Gasteiger partial charge on any atom is -0.361 e. The number of aromatic amines is 1. The first-order chi connectivity index (χ1) is 14.1. The topological polar surface area (TPSA) is 56.4 Å². The molecule has 148 valence electrons. The predicted molar refractivity (Wildman–Crippen MR) is 115 cm³/mol. The van der Waals surface area contributed by atoms with Crippen molar-refractivity contribution in [1.29, 1.82) is 0 Å². The molecule has 0 unspecified atom stereocenters. The summed E-state index contributed by atoms with van der Waals surface area (Å²) in [5, 5.41) is 1.09. The van der Waals surface area contributed by atoms with Crippen molar-refractivity contribution in [1.82, 2.24) is 14.8 Å². The van der Waals surface area contributed by atoms with Crippen LogP contribution in [0, 0.1) is 0 Å². The van der Waals surface area contributed by atoms with E-state index in [-0.39, 0.29) is 11.8 Å². The summed E-state index contributed by atoms with van der Waals surface area (Å²) in [5.74, 6) is 0.118. The Bertz CT molecular complexity index is 1040. The zero-order chi connectivity index (χ0) is 20.2. The molecule has 0 spiro atoms. The van der Waals surface area contributed by atoms with Crippen LogP contribution in [-0.4, -0.2) is 52.8 Å². The molecule has 1 N–H and O–H groups in total. The Morgan fingerprint density at radius 2 is 1.59 bits per heavy atom. The SMILES string of the molecule is C/C(=C\C(=O)N1CCN(C(=O)Cc2c[nH]c3ccccc23)CC1)c1ccccc1. The van der Waals surface area contributed by atoms with Crippen LogP contribution < -0.4 is 0 Å². The molecule has 29 heavy (non-hydrogen) atoms. The largest absolute Gasteiger partial charge is 0.361 e. The Morgan fingerprint density at radius 1 is 0.931 bits per heavy atom. The van der Waals surface area contributed by atoms with Gasteiger partial charge in [0.25, 0.3) is 0 Å². The zero-order valence-corrected chi connectivity index (χ0v) is 16.6. The fraction of sp³-hybridized carbons (Fsp3) is 0.250. The third-order valence-corrected chi connectivity index (χ3v) is 5.53. The number of aromatic nitrogens is 1. The van der Waals surface area contributed by atoms with Crippen LogP contribution in [0.4, 0.5) is 0 Å². The average Bonchev–Trinajstić information content (AvgIpc) is 3.17. The minimum absolute atomic E-state index is 0.00933. The highest BCUT2D eigenvalue weighted by atomic mass is 16.2. The van der Waals surface area contributed by atoms with Gasteiger partial charge in [-0.05, 0) is 29.7 Å². The number of para-hydroxylation sites is 1. The quantitative estimate of drug-likeness (QED) is 0.697. The molecule has 0 aliphatic carbocycles. The van der Waals surface area contributed by atoms with Gasteiger partial charge in [0.15, 0.2) is 0 Å². The van der Waals surface area contributed by atoms with Gasteiger partial charge in [0.05, 0.1) is 6.42 Å². The van der Waals surface area contributed by atoms with E-state index in [2.05, 4.69) is 4.98 Å². The lowest BCUT2D eigenvalue weighted by molar-refractivity contribution is -0.136. The molecular weight excluding hydrogens is 362 g/mol. The zero-order valence-electron chi connectivity index (χ0n) is 16.6. The number of amides is 2. The van der Waals surface area contributed by atoms with Crippen LogP contribution in [0.15, 0.2) is 66.9 Å². The summed E-state index contributed by atoms with van der Waals surface area (Å²) in [7, 11) is 0. The van der Waals surface area contributed by atoms with Crippen molar-refractivity contribution >= 4 is 28.3 Å². The van der Waals surface area contributed by atoms with E-state index >= 15 is 0 Å². The summed E-state index contributed by atoms with van der Waals surface area (Å²) in [6.45, 7) is 4.23. The molecule has 0 atom stereocenters. The number of hydrogen-bond donors (Lipinski definition) is 1. The second-order valence-corrected chi connectivity index (χ2v) is 7.44. The first-order valence-electron chi connectivity index (χ1n) is 9.97. The number of H-pyrrole nitrogens is 1. The van der Waals surface area contributed by atoms with Crippen LogP contribution in [0.25, 0.3) is 16.5 Å². The van der Waals surface area contributed by atoms with Crippen molar-refractivity contribution < 1.29 is 9.59 Å². The minimum atomic E-state index is 0.00933. The number of nitrogens with zero attached hydrogens (tertiary/aromatic N) is 2. The monoisotopic (exact) mass is 387 g/mol. The van der Waals surface area contributed by atoms with E-state index in [1.165, 1.54) is 0 Å². The Labute approximate surface area is 170 Å². The van der Waals surface area contributed by atoms with Gasteiger partial charge in [0, 0.05) is 49.4 Å². The molecule has 5 heteroatoms. The second kappa shape index (κ2) is 8.35. The third kappa shape index (κ3) is 4.24. The Kier molecular flexibility index (Phi) is 5.47. The Hall–Kier alpha value is -3.34. The number of carbonyl (C=O) groups excluding carboxylic acids is 2. The lowest BCUT2D eigenvalue weighted by Crippen LogP contribution is -2.50. The molecule has 0 radical (unpaired) electrons. The molecule has 2 aromatic carbocycles. The molecule has 1 saturated heterocycles. The number of piperazine rings is 1. The molecule has 2 heterocycles. The Balaban J connectivity index is 1.34. The van der Waals surface area contributed by atoms with Crippen molar-refractivity contribution in [3.8, 4) is 0 Å². The molecule has 0 bridgehead atoms. The second-order valence-electron chi connectivity index (χ2n) is 7.44. The first-order valence-corrected chi connectivity index (χ1v) is 9.97. The van der Waals surface area contributed by atoms with Gasteiger partial charge in [-0.15, -0.1) is 0 Å². The number of benzene rings is 2. The highest BCUT2D eigenvalue weighted by Gasteiger charge is 2.24.